The van der Waals surface area contributed by atoms with Gasteiger partial charge in [-0.3, -0.25) is 14.3 Å². The quantitative estimate of drug-likeness (QED) is 0.510. The zero-order chi connectivity index (χ0) is 22.1. The molecule has 0 atom stereocenters. The number of ether oxygens (including phenoxy) is 1. The number of carbonyl (C=O) groups excluding carboxylic acids is 1. The Morgan fingerprint density at radius 3 is 2.65 bits per heavy atom. The molecular weight excluding hydrogens is 416 g/mol. The van der Waals surface area contributed by atoms with E-state index in [9.17, 15) is 9.59 Å². The molecule has 7 nitrogen and oxygen atoms in total. The lowest BCUT2D eigenvalue weighted by Crippen LogP contribution is -2.27. The van der Waals surface area contributed by atoms with Crippen molar-refractivity contribution in [1.82, 2.24) is 14.3 Å². The Balaban J connectivity index is 1.74. The monoisotopic (exact) mass is 436 g/mol. The van der Waals surface area contributed by atoms with Crippen LogP contribution in [0, 0.1) is 13.8 Å². The number of fused-ring (bicyclic) bond motifs is 1. The molecule has 8 heteroatoms. The summed E-state index contributed by atoms with van der Waals surface area (Å²) >= 11 is 6.15. The minimum atomic E-state index is -0.318. The van der Waals surface area contributed by atoms with E-state index in [4.69, 9.17) is 16.3 Å². The van der Waals surface area contributed by atoms with Gasteiger partial charge < -0.3 is 10.1 Å². The van der Waals surface area contributed by atoms with E-state index < -0.39 is 0 Å². The van der Waals surface area contributed by atoms with Gasteiger partial charge in [0.05, 0.1) is 23.2 Å². The van der Waals surface area contributed by atoms with Crippen LogP contribution in [-0.2, 0) is 11.3 Å². The van der Waals surface area contributed by atoms with E-state index in [0.29, 0.717) is 33.2 Å². The minimum absolute atomic E-state index is 0.105. The van der Waals surface area contributed by atoms with E-state index in [2.05, 4.69) is 10.3 Å². The van der Waals surface area contributed by atoms with E-state index in [1.54, 1.807) is 41.2 Å². The van der Waals surface area contributed by atoms with Crippen LogP contribution in [0.3, 0.4) is 0 Å². The van der Waals surface area contributed by atoms with Gasteiger partial charge in [0.1, 0.15) is 12.3 Å². The number of hydrogen-bond donors (Lipinski definition) is 1. The highest BCUT2D eigenvalue weighted by molar-refractivity contribution is 6.32. The number of aryl methyl sites for hydroxylation is 2. The molecule has 158 valence electrons. The van der Waals surface area contributed by atoms with Gasteiger partial charge in [-0.1, -0.05) is 17.7 Å². The Bertz CT molecular complexity index is 1360. The first kappa shape index (κ1) is 20.7. The molecule has 0 bridgehead atoms. The molecule has 0 radical (unpaired) electrons. The molecule has 4 rings (SSSR count). The molecule has 0 spiro atoms. The molecule has 0 aliphatic rings. The van der Waals surface area contributed by atoms with Crippen molar-refractivity contribution in [3.8, 4) is 11.4 Å². The van der Waals surface area contributed by atoms with Crippen molar-refractivity contribution >= 4 is 34.2 Å². The molecule has 0 fully saturated rings. The number of aromatic nitrogens is 3. The standard InChI is InChI=1S/C23H21ClN4O3/c1-14-6-8-17(11-15(14)2)28-23(30)18-5-4-10-25-22(18)27(28)13-21(29)26-16-7-9-20(31-3)19(24)12-16/h4-12H,13H2,1-3H3,(H,26,29). The second-order valence-electron chi connectivity index (χ2n) is 7.22. The molecular formula is C23H21ClN4O3. The lowest BCUT2D eigenvalue weighted by atomic mass is 10.1. The van der Waals surface area contributed by atoms with Crippen LogP contribution in [0.4, 0.5) is 5.69 Å². The summed E-state index contributed by atoms with van der Waals surface area (Å²) in [4.78, 5) is 30.3. The highest BCUT2D eigenvalue weighted by Gasteiger charge is 2.18. The summed E-state index contributed by atoms with van der Waals surface area (Å²) in [6, 6.07) is 14.1. The Kier molecular flexibility index (Phi) is 5.52. The fraction of sp³-hybridized carbons (Fsp3) is 0.174. The van der Waals surface area contributed by atoms with Gasteiger partial charge in [0.25, 0.3) is 5.56 Å². The number of hydrogen-bond acceptors (Lipinski definition) is 4. The van der Waals surface area contributed by atoms with Crippen LogP contribution in [-0.4, -0.2) is 27.4 Å². The third-order valence-corrected chi connectivity index (χ3v) is 5.45. The van der Waals surface area contributed by atoms with Crippen molar-refractivity contribution < 1.29 is 9.53 Å². The molecule has 0 saturated carbocycles. The fourth-order valence-electron chi connectivity index (χ4n) is 3.43. The summed E-state index contributed by atoms with van der Waals surface area (Å²) < 4.78 is 8.22. The number of nitrogens with one attached hydrogen (secondary N) is 1. The van der Waals surface area contributed by atoms with E-state index in [1.165, 1.54) is 11.8 Å². The third-order valence-electron chi connectivity index (χ3n) is 5.16. The lowest BCUT2D eigenvalue weighted by Gasteiger charge is -2.14. The van der Waals surface area contributed by atoms with Crippen molar-refractivity contribution in [1.29, 1.82) is 0 Å². The van der Waals surface area contributed by atoms with Crippen LogP contribution in [0.25, 0.3) is 16.7 Å². The predicted octanol–water partition coefficient (Wildman–Crippen LogP) is 4.10. The van der Waals surface area contributed by atoms with E-state index in [-0.39, 0.29) is 18.0 Å². The SMILES string of the molecule is COc1ccc(NC(=O)Cn2c3ncccc3c(=O)n2-c2ccc(C)c(C)c2)cc1Cl. The summed E-state index contributed by atoms with van der Waals surface area (Å²) in [6.45, 7) is 3.88. The molecule has 0 aliphatic carbocycles. The summed E-state index contributed by atoms with van der Waals surface area (Å²) in [5.74, 6) is 0.199. The maximum Gasteiger partial charge on any atom is 0.280 e. The van der Waals surface area contributed by atoms with Crippen molar-refractivity contribution in [2.75, 3.05) is 12.4 Å². The lowest BCUT2D eigenvalue weighted by molar-refractivity contribution is -0.116. The fourth-order valence-corrected chi connectivity index (χ4v) is 3.69. The summed E-state index contributed by atoms with van der Waals surface area (Å²) in [5.41, 5.74) is 3.57. The van der Waals surface area contributed by atoms with Gasteiger partial charge in [0.15, 0.2) is 5.65 Å². The van der Waals surface area contributed by atoms with Gasteiger partial charge in [0.2, 0.25) is 5.91 Å². The molecule has 31 heavy (non-hydrogen) atoms. The number of methoxy groups -OCH3 is 1. The van der Waals surface area contributed by atoms with Crippen molar-refractivity contribution in [2.24, 2.45) is 0 Å². The highest BCUT2D eigenvalue weighted by atomic mass is 35.5. The Morgan fingerprint density at radius 2 is 1.94 bits per heavy atom. The van der Waals surface area contributed by atoms with Crippen LogP contribution in [0.5, 0.6) is 5.75 Å². The number of nitrogens with zero attached hydrogens (tertiary/aromatic N) is 3. The average Bonchev–Trinajstić information content (AvgIpc) is 3.02. The number of pyridine rings is 1. The first-order valence-electron chi connectivity index (χ1n) is 9.66. The molecule has 2 heterocycles. The molecule has 0 unspecified atom stereocenters. The molecule has 2 aromatic heterocycles. The topological polar surface area (TPSA) is 78.2 Å². The number of halogens is 1. The van der Waals surface area contributed by atoms with Crippen molar-refractivity contribution in [3.05, 3.63) is 81.2 Å². The maximum atomic E-state index is 13.1. The summed E-state index contributed by atoms with van der Waals surface area (Å²) in [6.07, 6.45) is 1.60. The third kappa shape index (κ3) is 3.92. The van der Waals surface area contributed by atoms with Crippen LogP contribution in [0.15, 0.2) is 59.5 Å². The number of carbonyl (C=O) groups is 1. The van der Waals surface area contributed by atoms with Crippen molar-refractivity contribution in [3.63, 3.8) is 0 Å². The molecule has 4 aromatic rings. The molecule has 0 aliphatic heterocycles. The number of rotatable bonds is 5. The van der Waals surface area contributed by atoms with Gasteiger partial charge in [-0.25, -0.2) is 9.67 Å². The van der Waals surface area contributed by atoms with Gasteiger partial charge in [0, 0.05) is 11.9 Å². The van der Waals surface area contributed by atoms with E-state index >= 15 is 0 Å². The van der Waals surface area contributed by atoms with Crippen LogP contribution < -0.4 is 15.6 Å². The second-order valence-corrected chi connectivity index (χ2v) is 7.62. The van der Waals surface area contributed by atoms with Crippen LogP contribution in [0.2, 0.25) is 5.02 Å². The Labute approximate surface area is 183 Å². The van der Waals surface area contributed by atoms with Gasteiger partial charge in [-0.2, -0.15) is 0 Å². The van der Waals surface area contributed by atoms with E-state index in [1.807, 2.05) is 32.0 Å². The highest BCUT2D eigenvalue weighted by Crippen LogP contribution is 2.27. The minimum Gasteiger partial charge on any atom is -0.495 e. The van der Waals surface area contributed by atoms with Crippen molar-refractivity contribution in [2.45, 2.75) is 20.4 Å². The Hall–Kier alpha value is -3.58. The first-order valence-corrected chi connectivity index (χ1v) is 10.0. The second kappa shape index (κ2) is 8.28. The predicted molar refractivity (Wildman–Crippen MR) is 121 cm³/mol. The number of anilines is 1. The maximum absolute atomic E-state index is 13.1. The van der Waals surface area contributed by atoms with Gasteiger partial charge in [-0.05, 0) is 67.4 Å². The molecule has 2 aromatic carbocycles. The largest absolute Gasteiger partial charge is 0.495 e. The first-order chi connectivity index (χ1) is 14.9. The zero-order valence-corrected chi connectivity index (χ0v) is 18.1. The molecule has 0 saturated heterocycles. The molecule has 1 N–H and O–H groups in total. The van der Waals surface area contributed by atoms with Crippen LogP contribution >= 0.6 is 11.6 Å². The summed E-state index contributed by atoms with van der Waals surface area (Å²) in [5, 5.41) is 3.65. The Morgan fingerprint density at radius 1 is 1.13 bits per heavy atom. The van der Waals surface area contributed by atoms with Gasteiger partial charge >= 0.3 is 0 Å². The smallest absolute Gasteiger partial charge is 0.280 e. The molecule has 1 amide bonds. The normalized spacial score (nSPS) is 11.0. The van der Waals surface area contributed by atoms with E-state index in [0.717, 1.165) is 11.1 Å². The summed E-state index contributed by atoms with van der Waals surface area (Å²) in [7, 11) is 1.52. The van der Waals surface area contributed by atoms with Crippen LogP contribution in [0.1, 0.15) is 11.1 Å². The van der Waals surface area contributed by atoms with Gasteiger partial charge in [-0.15, -0.1) is 0 Å². The zero-order valence-electron chi connectivity index (χ0n) is 17.3. The average molecular weight is 437 g/mol. The number of benzene rings is 2. The number of amides is 1.